The summed E-state index contributed by atoms with van der Waals surface area (Å²) in [6, 6.07) is 0.523. The molecule has 21 heavy (non-hydrogen) atoms. The number of hydrogen-bond acceptors (Lipinski definition) is 5. The highest BCUT2D eigenvalue weighted by Gasteiger charge is 2.19. The zero-order valence-electron chi connectivity index (χ0n) is 14.4. The van der Waals surface area contributed by atoms with Gasteiger partial charge in [-0.05, 0) is 25.7 Å². The van der Waals surface area contributed by atoms with Crippen LogP contribution in [-0.4, -0.2) is 38.3 Å². The molecule has 0 aromatic carbocycles. The van der Waals surface area contributed by atoms with Gasteiger partial charge in [-0.1, -0.05) is 20.8 Å². The zero-order chi connectivity index (χ0) is 15.8. The molecule has 1 rings (SSSR count). The van der Waals surface area contributed by atoms with Gasteiger partial charge in [0.2, 0.25) is 0 Å². The monoisotopic (exact) mass is 313 g/mol. The van der Waals surface area contributed by atoms with Gasteiger partial charge in [0, 0.05) is 38.2 Å². The molecule has 5 heteroatoms. The fourth-order valence-electron chi connectivity index (χ4n) is 2.05. The molecule has 122 valence electrons. The molecule has 0 saturated carbocycles. The maximum absolute atomic E-state index is 5.09. The average Bonchev–Trinajstić information content (AvgIpc) is 2.93. The number of methoxy groups -OCH3 is 1. The summed E-state index contributed by atoms with van der Waals surface area (Å²) >= 11 is 1.82. The van der Waals surface area contributed by atoms with Crippen molar-refractivity contribution in [2.75, 3.05) is 32.2 Å². The van der Waals surface area contributed by atoms with Gasteiger partial charge in [-0.3, -0.25) is 0 Å². The third kappa shape index (κ3) is 5.24. The minimum atomic E-state index is 0.513. The Labute approximate surface area is 133 Å². The number of rotatable bonds is 10. The van der Waals surface area contributed by atoms with Crippen LogP contribution < -0.4 is 10.2 Å². The smallest absolute Gasteiger partial charge is 0.185 e. The van der Waals surface area contributed by atoms with E-state index in [1.54, 1.807) is 7.11 Å². The Hall–Kier alpha value is -0.650. The SMILES string of the molecule is CCC(C)c1nc(N(C)C(C)CC)sc1CNCCOC. The Morgan fingerprint density at radius 2 is 2.00 bits per heavy atom. The van der Waals surface area contributed by atoms with E-state index < -0.39 is 0 Å². The van der Waals surface area contributed by atoms with Gasteiger partial charge < -0.3 is 15.0 Å². The lowest BCUT2D eigenvalue weighted by molar-refractivity contribution is 0.199. The quantitative estimate of drug-likeness (QED) is 0.669. The first-order valence-electron chi connectivity index (χ1n) is 7.97. The van der Waals surface area contributed by atoms with Gasteiger partial charge in [-0.25, -0.2) is 4.98 Å². The van der Waals surface area contributed by atoms with Crippen LogP contribution in [0, 0.1) is 0 Å². The first-order chi connectivity index (χ1) is 10.0. The highest BCUT2D eigenvalue weighted by molar-refractivity contribution is 7.15. The first-order valence-corrected chi connectivity index (χ1v) is 8.78. The highest BCUT2D eigenvalue weighted by atomic mass is 32.1. The van der Waals surface area contributed by atoms with Crippen LogP contribution in [0.1, 0.15) is 57.0 Å². The van der Waals surface area contributed by atoms with Gasteiger partial charge in [-0.2, -0.15) is 0 Å². The predicted octanol–water partition coefficient (Wildman–Crippen LogP) is 3.63. The molecule has 0 aliphatic rings. The summed E-state index contributed by atoms with van der Waals surface area (Å²) in [5.74, 6) is 0.513. The molecule has 0 aliphatic heterocycles. The summed E-state index contributed by atoms with van der Waals surface area (Å²) in [6.45, 7) is 11.5. The third-order valence-corrected chi connectivity index (χ3v) is 5.28. The van der Waals surface area contributed by atoms with E-state index in [-0.39, 0.29) is 0 Å². The minimum Gasteiger partial charge on any atom is -0.383 e. The molecule has 2 atom stereocenters. The lowest BCUT2D eigenvalue weighted by atomic mass is 10.0. The van der Waals surface area contributed by atoms with Crippen LogP contribution in [0.25, 0.3) is 0 Å². The van der Waals surface area contributed by atoms with Crippen molar-refractivity contribution in [2.24, 2.45) is 0 Å². The highest BCUT2D eigenvalue weighted by Crippen LogP contribution is 2.32. The van der Waals surface area contributed by atoms with Gasteiger partial charge >= 0.3 is 0 Å². The van der Waals surface area contributed by atoms with E-state index in [4.69, 9.17) is 9.72 Å². The van der Waals surface area contributed by atoms with Crippen molar-refractivity contribution in [1.82, 2.24) is 10.3 Å². The minimum absolute atomic E-state index is 0.513. The maximum atomic E-state index is 5.09. The Morgan fingerprint density at radius 3 is 2.57 bits per heavy atom. The van der Waals surface area contributed by atoms with Crippen molar-refractivity contribution in [3.8, 4) is 0 Å². The van der Waals surface area contributed by atoms with Gasteiger partial charge in [0.15, 0.2) is 5.13 Å². The number of ether oxygens (including phenoxy) is 1. The zero-order valence-corrected chi connectivity index (χ0v) is 15.2. The van der Waals surface area contributed by atoms with Crippen LogP contribution in [0.4, 0.5) is 5.13 Å². The van der Waals surface area contributed by atoms with E-state index in [0.29, 0.717) is 12.0 Å². The Morgan fingerprint density at radius 1 is 1.29 bits per heavy atom. The van der Waals surface area contributed by atoms with Crippen molar-refractivity contribution >= 4 is 16.5 Å². The summed E-state index contributed by atoms with van der Waals surface area (Å²) in [7, 11) is 3.88. The van der Waals surface area contributed by atoms with Crippen LogP contribution in [0.5, 0.6) is 0 Å². The lowest BCUT2D eigenvalue weighted by Gasteiger charge is -2.22. The molecule has 1 aromatic rings. The molecule has 0 amide bonds. The van der Waals surface area contributed by atoms with Crippen LogP contribution >= 0.6 is 11.3 Å². The summed E-state index contributed by atoms with van der Waals surface area (Å²) in [5, 5.41) is 4.59. The van der Waals surface area contributed by atoms with Crippen LogP contribution in [0.3, 0.4) is 0 Å². The van der Waals surface area contributed by atoms with Crippen molar-refractivity contribution < 1.29 is 4.74 Å². The van der Waals surface area contributed by atoms with E-state index in [0.717, 1.165) is 37.7 Å². The predicted molar refractivity (Wildman–Crippen MR) is 92.6 cm³/mol. The van der Waals surface area contributed by atoms with E-state index in [2.05, 4.69) is 45.0 Å². The Balaban J connectivity index is 2.85. The number of nitrogens with one attached hydrogen (secondary N) is 1. The van der Waals surface area contributed by atoms with Gasteiger partial charge in [-0.15, -0.1) is 11.3 Å². The average molecular weight is 314 g/mol. The fraction of sp³-hybridized carbons (Fsp3) is 0.812. The van der Waals surface area contributed by atoms with Gasteiger partial charge in [0.25, 0.3) is 0 Å². The first kappa shape index (κ1) is 18.4. The summed E-state index contributed by atoms with van der Waals surface area (Å²) in [4.78, 5) is 8.59. The normalized spacial score (nSPS) is 14.2. The molecular formula is C16H31N3OS. The molecule has 0 spiro atoms. The number of thiazole rings is 1. The Kier molecular flexibility index (Phi) is 8.22. The summed E-state index contributed by atoms with van der Waals surface area (Å²) in [5.41, 5.74) is 1.26. The van der Waals surface area contributed by atoms with Crippen molar-refractivity contribution in [3.63, 3.8) is 0 Å². The van der Waals surface area contributed by atoms with E-state index in [1.165, 1.54) is 10.6 Å². The largest absolute Gasteiger partial charge is 0.383 e. The molecule has 4 nitrogen and oxygen atoms in total. The Bertz CT molecular complexity index is 408. The second kappa shape index (κ2) is 9.38. The van der Waals surface area contributed by atoms with Crippen LogP contribution in [0.2, 0.25) is 0 Å². The number of nitrogens with zero attached hydrogens (tertiary/aromatic N) is 2. The second-order valence-corrected chi connectivity index (χ2v) is 6.71. The van der Waals surface area contributed by atoms with Gasteiger partial charge in [0.05, 0.1) is 12.3 Å². The van der Waals surface area contributed by atoms with Crippen LogP contribution in [0.15, 0.2) is 0 Å². The topological polar surface area (TPSA) is 37.4 Å². The van der Waals surface area contributed by atoms with E-state index in [1.807, 2.05) is 11.3 Å². The molecule has 0 fully saturated rings. The molecule has 1 aromatic heterocycles. The summed E-state index contributed by atoms with van der Waals surface area (Å²) < 4.78 is 5.09. The van der Waals surface area contributed by atoms with Crippen molar-refractivity contribution in [2.45, 2.75) is 59.0 Å². The standard InChI is InChI=1S/C16H31N3OS/c1-7-12(3)15-14(11-17-9-10-20-6)21-16(18-15)19(5)13(4)8-2/h12-13,17H,7-11H2,1-6H3. The fourth-order valence-corrected chi connectivity index (χ4v) is 3.26. The molecule has 2 unspecified atom stereocenters. The lowest BCUT2D eigenvalue weighted by Crippen LogP contribution is -2.27. The molecule has 0 saturated heterocycles. The number of hydrogen-bond donors (Lipinski definition) is 1. The summed E-state index contributed by atoms with van der Waals surface area (Å²) in [6.07, 6.45) is 2.26. The molecule has 0 bridgehead atoms. The van der Waals surface area contributed by atoms with Crippen LogP contribution in [-0.2, 0) is 11.3 Å². The molecule has 0 radical (unpaired) electrons. The number of anilines is 1. The molecule has 1 N–H and O–H groups in total. The maximum Gasteiger partial charge on any atom is 0.185 e. The van der Waals surface area contributed by atoms with Gasteiger partial charge in [0.1, 0.15) is 0 Å². The number of aromatic nitrogens is 1. The second-order valence-electron chi connectivity index (χ2n) is 5.65. The van der Waals surface area contributed by atoms with E-state index in [9.17, 15) is 0 Å². The van der Waals surface area contributed by atoms with Crippen molar-refractivity contribution in [3.05, 3.63) is 10.6 Å². The molecule has 0 aliphatic carbocycles. The molecular weight excluding hydrogens is 282 g/mol. The third-order valence-electron chi connectivity index (χ3n) is 4.12. The van der Waals surface area contributed by atoms with E-state index >= 15 is 0 Å². The molecule has 1 heterocycles. The van der Waals surface area contributed by atoms with Crippen molar-refractivity contribution in [1.29, 1.82) is 0 Å².